The van der Waals surface area contributed by atoms with Crippen molar-refractivity contribution in [2.75, 3.05) is 4.90 Å². The predicted molar refractivity (Wildman–Crippen MR) is 278 cm³/mol. The number of fused-ring (bicyclic) bond motifs is 9. The second-order valence-electron chi connectivity index (χ2n) is 18.1. The summed E-state index contributed by atoms with van der Waals surface area (Å²) < 4.78 is 4.79. The molecule has 1 aliphatic carbocycles. The van der Waals surface area contributed by atoms with Gasteiger partial charge in [0.05, 0.1) is 27.8 Å². The van der Waals surface area contributed by atoms with Gasteiger partial charge in [-0.05, 0) is 123 Å². The van der Waals surface area contributed by atoms with E-state index < -0.39 is 0 Å². The van der Waals surface area contributed by atoms with Crippen LogP contribution in [0.1, 0.15) is 25.0 Å². The molecule has 0 aliphatic heterocycles. The molecule has 0 unspecified atom stereocenters. The number of para-hydroxylation sites is 4. The van der Waals surface area contributed by atoms with Crippen LogP contribution in [0.2, 0.25) is 0 Å². The van der Waals surface area contributed by atoms with Gasteiger partial charge in [0.1, 0.15) is 0 Å². The lowest BCUT2D eigenvalue weighted by molar-refractivity contribution is 0.661. The quantitative estimate of drug-likeness (QED) is 0.156. The van der Waals surface area contributed by atoms with Crippen molar-refractivity contribution in [3.63, 3.8) is 0 Å². The van der Waals surface area contributed by atoms with Gasteiger partial charge in [0.25, 0.3) is 0 Å². The first kappa shape index (κ1) is 38.1. The number of aromatic nitrogens is 2. The van der Waals surface area contributed by atoms with Crippen molar-refractivity contribution >= 4 is 60.7 Å². The zero-order chi connectivity index (χ0) is 43.9. The van der Waals surface area contributed by atoms with Gasteiger partial charge < -0.3 is 14.0 Å². The largest absolute Gasteiger partial charge is 0.310 e. The molecule has 66 heavy (non-hydrogen) atoms. The zero-order valence-electron chi connectivity index (χ0n) is 36.9. The third-order valence-electron chi connectivity index (χ3n) is 14.1. The summed E-state index contributed by atoms with van der Waals surface area (Å²) in [6.45, 7) is 4.76. The number of hydrogen-bond donors (Lipinski definition) is 0. The molecule has 3 heteroatoms. The predicted octanol–water partition coefficient (Wildman–Crippen LogP) is 17.0. The van der Waals surface area contributed by atoms with Gasteiger partial charge in [0.2, 0.25) is 0 Å². The minimum Gasteiger partial charge on any atom is -0.310 e. The maximum Gasteiger partial charge on any atom is 0.0547 e. The fourth-order valence-electron chi connectivity index (χ4n) is 11.2. The molecule has 10 aromatic carbocycles. The number of nitrogens with zero attached hydrogens (tertiary/aromatic N) is 3. The Labute approximate surface area is 384 Å². The first-order valence-electron chi connectivity index (χ1n) is 22.9. The normalized spacial score (nSPS) is 12.8. The fraction of sp³-hybridized carbons (Fsp3) is 0.0476. The number of anilines is 3. The minimum atomic E-state index is -0.203. The smallest absolute Gasteiger partial charge is 0.0547 e. The van der Waals surface area contributed by atoms with Crippen LogP contribution in [-0.4, -0.2) is 9.13 Å². The molecule has 0 saturated heterocycles. The summed E-state index contributed by atoms with van der Waals surface area (Å²) in [4.78, 5) is 2.48. The standard InChI is InChI=1S/C63H45N3/c1-63(2)54-28-12-9-22-50(54)51-27-17-33-59(62(51)63)64(46-38-34-42(35-39-46)48-25-15-31-57-60(48)52-23-10-13-29-55(52)65(57)44-18-5-3-6-19-44)47-40-36-43(37-41-47)49-26-16-32-58-61(49)53-24-11-14-30-56(53)66(58)45-20-7-4-8-21-45/h3-41H,1-2H3. The molecule has 0 N–H and O–H groups in total. The highest BCUT2D eigenvalue weighted by Crippen LogP contribution is 2.54. The average molecular weight is 844 g/mol. The number of hydrogen-bond acceptors (Lipinski definition) is 1. The molecule has 0 bridgehead atoms. The van der Waals surface area contributed by atoms with Crippen LogP contribution in [0.4, 0.5) is 17.1 Å². The molecule has 0 atom stereocenters. The highest BCUT2D eigenvalue weighted by Gasteiger charge is 2.38. The molecule has 0 radical (unpaired) electrons. The van der Waals surface area contributed by atoms with E-state index in [-0.39, 0.29) is 5.41 Å². The van der Waals surface area contributed by atoms with Crippen LogP contribution in [0.25, 0.3) is 88.4 Å². The van der Waals surface area contributed by atoms with E-state index in [4.69, 9.17) is 0 Å². The molecular weight excluding hydrogens is 799 g/mol. The molecule has 312 valence electrons. The van der Waals surface area contributed by atoms with Crippen LogP contribution >= 0.6 is 0 Å². The lowest BCUT2D eigenvalue weighted by Gasteiger charge is -2.32. The zero-order valence-corrected chi connectivity index (χ0v) is 36.9. The average Bonchev–Trinajstić information content (AvgIpc) is 3.99. The fourth-order valence-corrected chi connectivity index (χ4v) is 11.2. The van der Waals surface area contributed by atoms with E-state index in [1.165, 1.54) is 93.8 Å². The molecule has 1 aliphatic rings. The SMILES string of the molecule is CC1(C)c2ccccc2-c2cccc(N(c3ccc(-c4cccc5c4c4ccccc4n5-c4ccccc4)cc3)c3ccc(-c4cccc5c4c4ccccc4n5-c4ccccc4)cc3)c21. The number of benzene rings is 10. The molecule has 13 rings (SSSR count). The highest BCUT2D eigenvalue weighted by atomic mass is 15.1. The molecule has 12 aromatic rings. The maximum absolute atomic E-state index is 2.48. The second-order valence-corrected chi connectivity index (χ2v) is 18.1. The van der Waals surface area contributed by atoms with E-state index in [9.17, 15) is 0 Å². The van der Waals surface area contributed by atoms with Crippen LogP contribution < -0.4 is 4.90 Å². The minimum absolute atomic E-state index is 0.203. The summed E-state index contributed by atoms with van der Waals surface area (Å²) in [6, 6.07) is 86.7. The molecular formula is C63H45N3. The molecule has 2 aromatic heterocycles. The first-order chi connectivity index (χ1) is 32.5. The Bertz CT molecular complexity index is 3620. The Kier molecular flexibility index (Phi) is 8.56. The first-order valence-corrected chi connectivity index (χ1v) is 22.9. The number of rotatable bonds is 7. The molecule has 3 nitrogen and oxygen atoms in total. The van der Waals surface area contributed by atoms with Crippen LogP contribution in [-0.2, 0) is 5.41 Å². The topological polar surface area (TPSA) is 13.1 Å². The molecule has 0 saturated carbocycles. The van der Waals surface area contributed by atoms with E-state index in [0.29, 0.717) is 0 Å². The molecule has 0 amide bonds. The van der Waals surface area contributed by atoms with E-state index >= 15 is 0 Å². The summed E-state index contributed by atoms with van der Waals surface area (Å²) in [5, 5.41) is 5.03. The van der Waals surface area contributed by atoms with Crippen molar-refractivity contribution in [2.45, 2.75) is 19.3 Å². The maximum atomic E-state index is 2.48. The Morgan fingerprint density at radius 3 is 1.27 bits per heavy atom. The van der Waals surface area contributed by atoms with Crippen molar-refractivity contribution in [1.29, 1.82) is 0 Å². The summed E-state index contributed by atoms with van der Waals surface area (Å²) in [5.41, 5.74) is 20.5. The monoisotopic (exact) mass is 843 g/mol. The van der Waals surface area contributed by atoms with Gasteiger partial charge in [-0.2, -0.15) is 0 Å². The highest BCUT2D eigenvalue weighted by molar-refractivity contribution is 6.17. The van der Waals surface area contributed by atoms with Crippen LogP contribution in [0.5, 0.6) is 0 Å². The van der Waals surface area contributed by atoms with Gasteiger partial charge in [-0.1, -0.05) is 172 Å². The van der Waals surface area contributed by atoms with E-state index in [0.717, 1.165) is 22.7 Å². The Balaban J connectivity index is 0.969. The van der Waals surface area contributed by atoms with E-state index in [2.05, 4.69) is 264 Å². The third kappa shape index (κ3) is 5.70. The molecule has 2 heterocycles. The van der Waals surface area contributed by atoms with Crippen LogP contribution in [0, 0.1) is 0 Å². The van der Waals surface area contributed by atoms with E-state index in [1.807, 2.05) is 0 Å². The summed E-state index contributed by atoms with van der Waals surface area (Å²) in [7, 11) is 0. The van der Waals surface area contributed by atoms with Gasteiger partial charge in [-0.15, -0.1) is 0 Å². The lowest BCUT2D eigenvalue weighted by atomic mass is 9.81. The van der Waals surface area contributed by atoms with Crippen molar-refractivity contribution in [2.24, 2.45) is 0 Å². The second kappa shape index (κ2) is 14.8. The Morgan fingerprint density at radius 1 is 0.333 bits per heavy atom. The van der Waals surface area contributed by atoms with Gasteiger partial charge in [0.15, 0.2) is 0 Å². The van der Waals surface area contributed by atoms with Crippen molar-refractivity contribution < 1.29 is 0 Å². The van der Waals surface area contributed by atoms with E-state index in [1.54, 1.807) is 0 Å². The summed E-state index contributed by atoms with van der Waals surface area (Å²) >= 11 is 0. The Hall–Kier alpha value is -8.40. The van der Waals surface area contributed by atoms with Gasteiger partial charge in [-0.3, -0.25) is 0 Å². The van der Waals surface area contributed by atoms with Crippen molar-refractivity contribution in [3.05, 3.63) is 248 Å². The van der Waals surface area contributed by atoms with Gasteiger partial charge in [0, 0.05) is 49.7 Å². The summed E-state index contributed by atoms with van der Waals surface area (Å²) in [6.07, 6.45) is 0. The van der Waals surface area contributed by atoms with Crippen LogP contribution in [0.15, 0.2) is 237 Å². The van der Waals surface area contributed by atoms with Gasteiger partial charge >= 0.3 is 0 Å². The van der Waals surface area contributed by atoms with Gasteiger partial charge in [-0.25, -0.2) is 0 Å². The Morgan fingerprint density at radius 2 is 0.742 bits per heavy atom. The molecule has 0 spiro atoms. The third-order valence-corrected chi connectivity index (χ3v) is 14.1. The van der Waals surface area contributed by atoms with Crippen molar-refractivity contribution in [3.8, 4) is 44.8 Å². The lowest BCUT2D eigenvalue weighted by Crippen LogP contribution is -2.20. The summed E-state index contributed by atoms with van der Waals surface area (Å²) in [5.74, 6) is 0. The van der Waals surface area contributed by atoms with Crippen LogP contribution in [0.3, 0.4) is 0 Å². The molecule has 0 fully saturated rings. The van der Waals surface area contributed by atoms with Crippen molar-refractivity contribution in [1.82, 2.24) is 9.13 Å².